The molecule has 6 nitrogen and oxygen atoms in total. The maximum Gasteiger partial charge on any atom is 0.323 e. The van der Waals surface area contributed by atoms with Crippen molar-refractivity contribution < 1.29 is 24.2 Å². The second-order valence-electron chi connectivity index (χ2n) is 6.69. The molecule has 0 aromatic heterocycles. The highest BCUT2D eigenvalue weighted by Crippen LogP contribution is 2.30. The van der Waals surface area contributed by atoms with Crippen molar-refractivity contribution in [3.8, 4) is 22.6 Å². The lowest BCUT2D eigenvalue weighted by atomic mass is 10.0. The molecule has 1 amide bonds. The van der Waals surface area contributed by atoms with Crippen LogP contribution in [-0.4, -0.2) is 42.6 Å². The van der Waals surface area contributed by atoms with Gasteiger partial charge in [-0.1, -0.05) is 42.5 Å². The number of ether oxygens (including phenoxy) is 2. The molecule has 3 aromatic rings. The number of carboxylic acid groups (broad SMARTS) is 1. The zero-order valence-corrected chi connectivity index (χ0v) is 16.9. The van der Waals surface area contributed by atoms with Crippen LogP contribution in [-0.2, 0) is 11.3 Å². The van der Waals surface area contributed by atoms with Crippen LogP contribution >= 0.6 is 0 Å². The first kappa shape index (κ1) is 20.9. The van der Waals surface area contributed by atoms with E-state index >= 15 is 0 Å². The van der Waals surface area contributed by atoms with Crippen molar-refractivity contribution in [1.82, 2.24) is 4.90 Å². The summed E-state index contributed by atoms with van der Waals surface area (Å²) in [5, 5.41) is 9.32. The fraction of sp³-hybridized carbons (Fsp3) is 0.167. The summed E-state index contributed by atoms with van der Waals surface area (Å²) in [5.41, 5.74) is 2.86. The van der Waals surface area contributed by atoms with Crippen LogP contribution < -0.4 is 9.47 Å². The van der Waals surface area contributed by atoms with Crippen LogP contribution in [0.15, 0.2) is 72.8 Å². The summed E-state index contributed by atoms with van der Waals surface area (Å²) in [5.74, 6) is -0.0987. The molecule has 0 saturated carbocycles. The highest BCUT2D eigenvalue weighted by molar-refractivity contribution is 5.97. The maximum absolute atomic E-state index is 13.2. The molecule has 0 unspecified atom stereocenters. The van der Waals surface area contributed by atoms with Crippen molar-refractivity contribution in [1.29, 1.82) is 0 Å². The van der Waals surface area contributed by atoms with E-state index in [4.69, 9.17) is 9.47 Å². The normalized spacial score (nSPS) is 10.3. The summed E-state index contributed by atoms with van der Waals surface area (Å²) in [6.45, 7) is -0.254. The monoisotopic (exact) mass is 405 g/mol. The van der Waals surface area contributed by atoms with E-state index in [1.165, 1.54) is 4.90 Å². The van der Waals surface area contributed by atoms with Crippen molar-refractivity contribution >= 4 is 11.9 Å². The summed E-state index contributed by atoms with van der Waals surface area (Å²) in [7, 11) is 3.15. The van der Waals surface area contributed by atoms with Gasteiger partial charge in [-0.3, -0.25) is 9.59 Å². The van der Waals surface area contributed by atoms with E-state index < -0.39 is 12.5 Å². The quantitative estimate of drug-likeness (QED) is 0.611. The fourth-order valence-electron chi connectivity index (χ4n) is 3.24. The zero-order chi connectivity index (χ0) is 21.5. The maximum atomic E-state index is 13.2. The Balaban J connectivity index is 1.91. The van der Waals surface area contributed by atoms with Crippen LogP contribution in [0.1, 0.15) is 15.9 Å². The van der Waals surface area contributed by atoms with Gasteiger partial charge in [0.15, 0.2) is 0 Å². The molecule has 0 heterocycles. The third-order valence-corrected chi connectivity index (χ3v) is 4.65. The number of carbonyl (C=O) groups is 2. The first-order valence-corrected chi connectivity index (χ1v) is 9.39. The first-order valence-electron chi connectivity index (χ1n) is 9.39. The van der Waals surface area contributed by atoms with Crippen molar-refractivity contribution in [3.05, 3.63) is 83.9 Å². The second kappa shape index (κ2) is 9.60. The minimum absolute atomic E-state index is 0.154. The lowest BCUT2D eigenvalue weighted by Crippen LogP contribution is -2.35. The molecular formula is C24H23NO5. The standard InChI is InChI=1S/C24H23NO5/c1-29-20-10-5-7-17(13-20)15-25(16-23(26)27)24(28)19-9-6-8-18(14-19)21-11-3-4-12-22(21)30-2/h3-14H,15-16H2,1-2H3,(H,26,27). The number of carboxylic acids is 1. The predicted octanol–water partition coefficient (Wildman–Crippen LogP) is 4.10. The molecule has 1 N–H and O–H groups in total. The molecule has 0 spiro atoms. The topological polar surface area (TPSA) is 76.1 Å². The molecular weight excluding hydrogens is 382 g/mol. The average molecular weight is 405 g/mol. The van der Waals surface area contributed by atoms with Gasteiger partial charge < -0.3 is 19.5 Å². The highest BCUT2D eigenvalue weighted by atomic mass is 16.5. The van der Waals surface area contributed by atoms with Crippen LogP contribution in [0.5, 0.6) is 11.5 Å². The van der Waals surface area contributed by atoms with Gasteiger partial charge in [-0.2, -0.15) is 0 Å². The molecule has 0 bridgehead atoms. The predicted molar refractivity (Wildman–Crippen MR) is 114 cm³/mol. The summed E-state index contributed by atoms with van der Waals surface area (Å²) < 4.78 is 10.6. The number of amides is 1. The molecule has 0 aliphatic heterocycles. The summed E-state index contributed by atoms with van der Waals surface area (Å²) in [6, 6.07) is 21.8. The molecule has 0 saturated heterocycles. The molecule has 6 heteroatoms. The third-order valence-electron chi connectivity index (χ3n) is 4.65. The Kier molecular flexibility index (Phi) is 6.70. The Morgan fingerprint density at radius 2 is 1.67 bits per heavy atom. The lowest BCUT2D eigenvalue weighted by molar-refractivity contribution is -0.137. The SMILES string of the molecule is COc1cccc(CN(CC(=O)O)C(=O)c2cccc(-c3ccccc3OC)c2)c1. The van der Waals surface area contributed by atoms with E-state index in [-0.39, 0.29) is 12.5 Å². The van der Waals surface area contributed by atoms with Crippen molar-refractivity contribution in [2.24, 2.45) is 0 Å². The van der Waals surface area contributed by atoms with Crippen LogP contribution in [0.4, 0.5) is 0 Å². The van der Waals surface area contributed by atoms with Crippen molar-refractivity contribution in [2.75, 3.05) is 20.8 Å². The van der Waals surface area contributed by atoms with E-state index in [1.807, 2.05) is 36.4 Å². The Labute approximate surface area is 175 Å². The molecule has 3 rings (SSSR count). The van der Waals surface area contributed by atoms with Gasteiger partial charge in [-0.05, 0) is 41.5 Å². The number of benzene rings is 3. The fourth-order valence-corrected chi connectivity index (χ4v) is 3.24. The van der Waals surface area contributed by atoms with Crippen molar-refractivity contribution in [3.63, 3.8) is 0 Å². The zero-order valence-electron chi connectivity index (χ0n) is 16.9. The molecule has 0 atom stereocenters. The van der Waals surface area contributed by atoms with Crippen LogP contribution in [0.2, 0.25) is 0 Å². The van der Waals surface area contributed by atoms with Gasteiger partial charge in [-0.15, -0.1) is 0 Å². The number of hydrogen-bond donors (Lipinski definition) is 1. The number of para-hydroxylation sites is 1. The van der Waals surface area contributed by atoms with E-state index in [1.54, 1.807) is 50.6 Å². The van der Waals surface area contributed by atoms with E-state index in [0.717, 1.165) is 16.7 Å². The molecule has 0 fully saturated rings. The molecule has 30 heavy (non-hydrogen) atoms. The van der Waals surface area contributed by atoms with Gasteiger partial charge in [0.25, 0.3) is 5.91 Å². The number of nitrogens with zero attached hydrogens (tertiary/aromatic N) is 1. The van der Waals surface area contributed by atoms with E-state index in [2.05, 4.69) is 0 Å². The summed E-state index contributed by atoms with van der Waals surface area (Å²) >= 11 is 0. The minimum Gasteiger partial charge on any atom is -0.497 e. The Bertz CT molecular complexity index is 1050. The molecule has 0 aliphatic rings. The van der Waals surface area contributed by atoms with Crippen LogP contribution in [0.3, 0.4) is 0 Å². The van der Waals surface area contributed by atoms with Gasteiger partial charge >= 0.3 is 5.97 Å². The van der Waals surface area contributed by atoms with Crippen molar-refractivity contribution in [2.45, 2.75) is 6.54 Å². The first-order chi connectivity index (χ1) is 14.5. The number of methoxy groups -OCH3 is 2. The Morgan fingerprint density at radius 3 is 2.40 bits per heavy atom. The number of aliphatic carboxylic acids is 1. The van der Waals surface area contributed by atoms with Crippen LogP contribution in [0, 0.1) is 0 Å². The molecule has 0 aliphatic carbocycles. The number of hydrogen-bond acceptors (Lipinski definition) is 4. The van der Waals surface area contributed by atoms with Gasteiger partial charge in [-0.25, -0.2) is 0 Å². The summed E-state index contributed by atoms with van der Waals surface area (Å²) in [4.78, 5) is 25.9. The van der Waals surface area contributed by atoms with E-state index in [9.17, 15) is 14.7 Å². The number of rotatable bonds is 8. The molecule has 0 radical (unpaired) electrons. The molecule has 3 aromatic carbocycles. The van der Waals surface area contributed by atoms with E-state index in [0.29, 0.717) is 17.1 Å². The Hall–Kier alpha value is -3.80. The molecule has 154 valence electrons. The number of carbonyl (C=O) groups excluding carboxylic acids is 1. The average Bonchev–Trinajstić information content (AvgIpc) is 2.78. The lowest BCUT2D eigenvalue weighted by Gasteiger charge is -2.21. The minimum atomic E-state index is -1.08. The third kappa shape index (κ3) is 4.97. The largest absolute Gasteiger partial charge is 0.497 e. The Morgan fingerprint density at radius 1 is 0.900 bits per heavy atom. The van der Waals surface area contributed by atoms with Gasteiger partial charge in [0, 0.05) is 17.7 Å². The second-order valence-corrected chi connectivity index (χ2v) is 6.69. The summed E-state index contributed by atoms with van der Waals surface area (Å²) in [6.07, 6.45) is 0. The van der Waals surface area contributed by atoms with Gasteiger partial charge in [0.2, 0.25) is 0 Å². The smallest absolute Gasteiger partial charge is 0.323 e. The van der Waals surface area contributed by atoms with Gasteiger partial charge in [0.05, 0.1) is 14.2 Å². The van der Waals surface area contributed by atoms with Crippen LogP contribution in [0.25, 0.3) is 11.1 Å². The van der Waals surface area contributed by atoms with Gasteiger partial charge in [0.1, 0.15) is 18.0 Å². The highest BCUT2D eigenvalue weighted by Gasteiger charge is 2.20.